The van der Waals surface area contributed by atoms with Crippen molar-refractivity contribution in [1.82, 2.24) is 0 Å². The average molecular weight is 963 g/mol. The molecule has 73 heavy (non-hydrogen) atoms. The summed E-state index contributed by atoms with van der Waals surface area (Å²) in [6, 6.07) is 59.1. The largest absolute Gasteiger partial charge is 0.384 e. The van der Waals surface area contributed by atoms with E-state index in [1.165, 1.54) is 114 Å². The highest BCUT2D eigenvalue weighted by Gasteiger charge is 2.49. The Morgan fingerprint density at radius 3 is 1.62 bits per heavy atom. The predicted octanol–water partition coefficient (Wildman–Crippen LogP) is 12.2. The van der Waals surface area contributed by atoms with E-state index in [1.807, 2.05) is 0 Å². The number of fused-ring (bicyclic) bond motifs is 4. The zero-order valence-electron chi connectivity index (χ0n) is 44.3. The summed E-state index contributed by atoms with van der Waals surface area (Å²) in [4.78, 5) is 11.3. The van der Waals surface area contributed by atoms with Gasteiger partial charge in [-0.1, -0.05) is 116 Å². The van der Waals surface area contributed by atoms with Crippen LogP contribution in [-0.4, -0.2) is 58.1 Å². The Balaban J connectivity index is 0.907. The number of anilines is 4. The van der Waals surface area contributed by atoms with Gasteiger partial charge in [0.15, 0.2) is 0 Å². The minimum atomic E-state index is 0.647. The van der Waals surface area contributed by atoms with E-state index >= 15 is 0 Å². The van der Waals surface area contributed by atoms with E-state index in [1.54, 1.807) is 0 Å². The maximum atomic E-state index is 4.20. The summed E-state index contributed by atoms with van der Waals surface area (Å²) in [7, 11) is 0. The Bertz CT molecular complexity index is 3160. The van der Waals surface area contributed by atoms with Crippen molar-refractivity contribution in [3.05, 3.63) is 214 Å². The summed E-state index contributed by atoms with van der Waals surface area (Å²) in [5, 5.41) is 8.82. The van der Waals surface area contributed by atoms with Gasteiger partial charge < -0.3 is 20.0 Å². The van der Waals surface area contributed by atoms with E-state index in [-0.39, 0.29) is 0 Å². The van der Waals surface area contributed by atoms with Crippen LogP contribution in [0, 0.1) is 23.7 Å². The van der Waals surface area contributed by atoms with Gasteiger partial charge in [-0.3, -0.25) is 0 Å². The van der Waals surface area contributed by atoms with Crippen molar-refractivity contribution in [3.63, 3.8) is 0 Å². The third-order valence-corrected chi connectivity index (χ3v) is 16.8. The second kappa shape index (κ2) is 22.3. The molecule has 3 unspecified atom stereocenters. The van der Waals surface area contributed by atoms with E-state index in [0.29, 0.717) is 17.8 Å². The molecule has 2 saturated carbocycles. The van der Waals surface area contributed by atoms with Gasteiger partial charge in [0.25, 0.3) is 0 Å². The van der Waals surface area contributed by atoms with Crippen molar-refractivity contribution in [2.45, 2.75) is 60.8 Å². The third kappa shape index (κ3) is 10.0. The van der Waals surface area contributed by atoms with Gasteiger partial charge in [-0.25, -0.2) is 4.99 Å². The van der Waals surface area contributed by atoms with Gasteiger partial charge in [0.1, 0.15) is 6.54 Å². The lowest BCUT2D eigenvalue weighted by Crippen LogP contribution is -2.75. The Labute approximate surface area is 436 Å². The lowest BCUT2D eigenvalue weighted by molar-refractivity contribution is -0.467. The molecule has 5 nitrogen and oxygen atoms in total. The number of hydrogen-bond donors (Lipinski definition) is 2. The van der Waals surface area contributed by atoms with Gasteiger partial charge in [-0.05, 0) is 194 Å². The maximum Gasteiger partial charge on any atom is 0.206 e. The van der Waals surface area contributed by atoms with Crippen LogP contribution in [-0.2, 0) is 0 Å². The molecule has 372 valence electrons. The number of benzene rings is 7. The third-order valence-electron chi connectivity index (χ3n) is 16.8. The first-order valence-electron chi connectivity index (χ1n) is 27.6. The quantitative estimate of drug-likeness (QED) is 0.0898. The van der Waals surface area contributed by atoms with Crippen LogP contribution in [0.25, 0.3) is 34.1 Å². The van der Waals surface area contributed by atoms with E-state index in [2.05, 4.69) is 243 Å². The van der Waals surface area contributed by atoms with Crippen LogP contribution in [0.5, 0.6) is 0 Å². The summed E-state index contributed by atoms with van der Waals surface area (Å²) >= 11 is 0. The first kappa shape index (κ1) is 49.5. The van der Waals surface area contributed by atoms with Gasteiger partial charge >= 0.3 is 0 Å². The minimum absolute atomic E-state index is 0.647. The Morgan fingerprint density at radius 1 is 0.534 bits per heavy atom. The second-order valence-corrected chi connectivity index (χ2v) is 20.4. The number of hydrogen-bond acceptors (Lipinski definition) is 4. The number of nitrogens with zero attached hydrogens (tertiary/aromatic N) is 3. The van der Waals surface area contributed by atoms with Gasteiger partial charge in [0, 0.05) is 85.9 Å². The minimum Gasteiger partial charge on any atom is -0.384 e. The van der Waals surface area contributed by atoms with E-state index < -0.39 is 0 Å². The van der Waals surface area contributed by atoms with E-state index in [4.69, 9.17) is 0 Å². The summed E-state index contributed by atoms with van der Waals surface area (Å²) < 4.78 is 0. The molecule has 0 saturated heterocycles. The molecule has 5 heteroatoms. The molecule has 0 aromatic heterocycles. The van der Waals surface area contributed by atoms with Crippen molar-refractivity contribution in [2.75, 3.05) is 72.4 Å². The molecule has 2 N–H and O–H groups in total. The molecule has 7 aromatic rings. The first-order chi connectivity index (χ1) is 35.8. The fraction of sp³-hybridized carbons (Fsp3) is 0.309. The van der Waals surface area contributed by atoms with Crippen molar-refractivity contribution in [3.8, 4) is 0 Å². The van der Waals surface area contributed by atoms with Crippen molar-refractivity contribution in [1.29, 1.82) is 0 Å². The van der Waals surface area contributed by atoms with Crippen LogP contribution in [0.2, 0.25) is 0 Å². The summed E-state index contributed by atoms with van der Waals surface area (Å²) in [5.74, 6) is 2.77. The first-order valence-corrected chi connectivity index (χ1v) is 27.6. The van der Waals surface area contributed by atoms with Gasteiger partial charge in [0.2, 0.25) is 5.71 Å². The molecular formula is C68H76N5+. The zero-order valence-corrected chi connectivity index (χ0v) is 44.3. The van der Waals surface area contributed by atoms with Crippen LogP contribution in [0.3, 0.4) is 0 Å². The lowest BCUT2D eigenvalue weighted by atomic mass is 9.83. The molecule has 0 heterocycles. The van der Waals surface area contributed by atoms with E-state index in [0.717, 1.165) is 63.5 Å². The molecule has 7 aromatic carbocycles. The smallest absolute Gasteiger partial charge is 0.206 e. The molecule has 3 aliphatic rings. The number of allylic oxidation sites excluding steroid dienone is 3. The van der Waals surface area contributed by atoms with Crippen molar-refractivity contribution >= 4 is 62.5 Å². The molecule has 0 spiro atoms. The standard InChI is InChI=1S/C68H75N5/c1-8-71(9-2)54-33-26-49(27-34-54)67(48-24-22-47(7)23-25-48)62-40-42-65(60-20-16-14-18-58(60)62)69-45-53-44-52-32-39-57(53)64(52)46-70-66-43-41-63(59-19-15-17-21-61(59)66)68(50-28-35-55(36-29-50)72(10-3)11-4)51-30-37-56(38-31-51)73(12-5)13-6/h14-31,33-38,40-43,52-53,57,64,69H,7-13,32,39,44-46H2,1-6H3/p+1/t52-,53?,57?,64?/m1/s1. The molecule has 0 aliphatic heterocycles. The second-order valence-electron chi connectivity index (χ2n) is 20.4. The topological polar surface area (TPSA) is 35.7 Å². The summed E-state index contributed by atoms with van der Waals surface area (Å²) in [5.41, 5.74) is 17.6. The lowest BCUT2D eigenvalue weighted by Gasteiger charge is -2.24. The average Bonchev–Trinajstić information content (AvgIpc) is 3.99. The molecular weight excluding hydrogens is 887 g/mol. The summed E-state index contributed by atoms with van der Waals surface area (Å²) in [6.07, 6.45) is 8.69. The summed E-state index contributed by atoms with van der Waals surface area (Å²) in [6.45, 7) is 25.5. The van der Waals surface area contributed by atoms with Crippen LogP contribution >= 0.6 is 0 Å². The molecule has 2 bridgehead atoms. The van der Waals surface area contributed by atoms with Crippen LogP contribution in [0.1, 0.15) is 94.2 Å². The fourth-order valence-corrected chi connectivity index (χ4v) is 12.9. The predicted molar refractivity (Wildman–Crippen MR) is 315 cm³/mol. The maximum absolute atomic E-state index is 4.20. The SMILES string of the molecule is C=c1ccc(=C(c2ccc(N(CC)CC)cc2)c2ccc(NCC3C[C@H]4CCC3C4C[NH+]=C3C=CC(=C(c4ccc(N(CC)CC)cc4)c4ccc(N(CC)CC)cc4)c4ccccc43)c3ccccc23)cc1. The van der Waals surface area contributed by atoms with Crippen LogP contribution in [0.15, 0.2) is 170 Å². The molecule has 10 rings (SSSR count). The normalized spacial score (nSPS) is 18.3. The van der Waals surface area contributed by atoms with Gasteiger partial charge in [0.05, 0.1) is 5.56 Å². The molecule has 3 aliphatic carbocycles. The Kier molecular flexibility index (Phi) is 15.1. The monoisotopic (exact) mass is 963 g/mol. The van der Waals surface area contributed by atoms with Crippen LogP contribution in [0.4, 0.5) is 22.7 Å². The van der Waals surface area contributed by atoms with E-state index in [9.17, 15) is 0 Å². The van der Waals surface area contributed by atoms with Gasteiger partial charge in [-0.15, -0.1) is 0 Å². The highest BCUT2D eigenvalue weighted by molar-refractivity contribution is 6.17. The molecule has 0 amide bonds. The van der Waals surface area contributed by atoms with Crippen molar-refractivity contribution < 1.29 is 4.99 Å². The zero-order chi connectivity index (χ0) is 50.4. The Morgan fingerprint density at radius 2 is 1.05 bits per heavy atom. The van der Waals surface area contributed by atoms with Crippen molar-refractivity contribution in [2.24, 2.45) is 23.7 Å². The molecule has 2 fully saturated rings. The Hall–Kier alpha value is -7.11. The number of nitrogens with one attached hydrogen (secondary N) is 2. The fourth-order valence-electron chi connectivity index (χ4n) is 12.9. The highest BCUT2D eigenvalue weighted by atomic mass is 15.1. The highest BCUT2D eigenvalue weighted by Crippen LogP contribution is 2.52. The molecule has 4 atom stereocenters. The van der Waals surface area contributed by atoms with Crippen LogP contribution < -0.4 is 35.4 Å². The molecule has 0 radical (unpaired) electrons. The number of rotatable bonds is 18. The van der Waals surface area contributed by atoms with Gasteiger partial charge in [-0.2, -0.15) is 0 Å².